The molecule has 1 fully saturated rings. The van der Waals surface area contributed by atoms with Gasteiger partial charge in [0, 0.05) is 11.6 Å². The van der Waals surface area contributed by atoms with Crippen LogP contribution in [0.5, 0.6) is 0 Å². The van der Waals surface area contributed by atoms with Gasteiger partial charge in [0.05, 0.1) is 5.60 Å². The van der Waals surface area contributed by atoms with E-state index in [1.54, 1.807) is 0 Å². The second-order valence-corrected chi connectivity index (χ2v) is 9.02. The summed E-state index contributed by atoms with van der Waals surface area (Å²) in [6.45, 7) is 8.66. The molecule has 1 N–H and O–H groups in total. The normalized spacial score (nSPS) is 21.1. The molecule has 1 aliphatic rings. The summed E-state index contributed by atoms with van der Waals surface area (Å²) in [4.78, 5) is 2.24. The number of hydrogen-bond acceptors (Lipinski definition) is 3. The van der Waals surface area contributed by atoms with Gasteiger partial charge in [-0.3, -0.25) is 0 Å². The van der Waals surface area contributed by atoms with Crippen molar-refractivity contribution < 1.29 is 4.74 Å². The van der Waals surface area contributed by atoms with E-state index in [2.05, 4.69) is 50.3 Å². The van der Waals surface area contributed by atoms with Crippen LogP contribution < -0.4 is 5.32 Å². The number of rotatable bonds is 10. The zero-order chi connectivity index (χ0) is 19.0. The Morgan fingerprint density at radius 3 is 2.73 bits per heavy atom. The molecule has 0 bridgehead atoms. The highest BCUT2D eigenvalue weighted by atomic mass is 35.5. The molecule has 2 unspecified atom stereocenters. The van der Waals surface area contributed by atoms with Crippen molar-refractivity contribution in [3.63, 3.8) is 0 Å². The molecule has 1 aliphatic heterocycles. The van der Waals surface area contributed by atoms with Crippen molar-refractivity contribution in [2.24, 2.45) is 11.8 Å². The second kappa shape index (κ2) is 10.7. The van der Waals surface area contributed by atoms with Crippen LogP contribution in [0.3, 0.4) is 0 Å². The van der Waals surface area contributed by atoms with E-state index in [4.69, 9.17) is 16.3 Å². The molecule has 0 aliphatic carbocycles. The molecule has 2 atom stereocenters. The van der Waals surface area contributed by atoms with Crippen molar-refractivity contribution in [1.82, 2.24) is 10.2 Å². The van der Waals surface area contributed by atoms with E-state index in [0.29, 0.717) is 11.8 Å². The third kappa shape index (κ3) is 7.56. The minimum atomic E-state index is 0.000782. The van der Waals surface area contributed by atoms with Crippen LogP contribution in [-0.4, -0.2) is 50.8 Å². The van der Waals surface area contributed by atoms with Crippen LogP contribution in [0.2, 0.25) is 5.02 Å². The lowest BCUT2D eigenvalue weighted by molar-refractivity contribution is -0.0830. The van der Waals surface area contributed by atoms with Crippen molar-refractivity contribution >= 4 is 11.6 Å². The molecule has 1 saturated heterocycles. The van der Waals surface area contributed by atoms with Crippen LogP contribution in [0.25, 0.3) is 0 Å². The molecule has 1 heterocycles. The Kier molecular flexibility index (Phi) is 8.89. The average Bonchev–Trinajstić information content (AvgIpc) is 2.57. The topological polar surface area (TPSA) is 24.5 Å². The minimum Gasteiger partial charge on any atom is -0.376 e. The lowest BCUT2D eigenvalue weighted by Gasteiger charge is -2.39. The Hall–Kier alpha value is -0.610. The first-order valence-electron chi connectivity index (χ1n) is 10.1. The molecule has 0 saturated carbocycles. The number of hydrogen-bond donors (Lipinski definition) is 1. The van der Waals surface area contributed by atoms with Gasteiger partial charge in [-0.25, -0.2) is 0 Å². The summed E-state index contributed by atoms with van der Waals surface area (Å²) in [5, 5.41) is 4.55. The number of nitrogens with zero attached hydrogens (tertiary/aromatic N) is 1. The molecule has 0 amide bonds. The summed E-state index contributed by atoms with van der Waals surface area (Å²) in [5.41, 5.74) is 1.29. The fourth-order valence-electron chi connectivity index (χ4n) is 4.06. The molecule has 0 spiro atoms. The molecule has 26 heavy (non-hydrogen) atoms. The van der Waals surface area contributed by atoms with Crippen molar-refractivity contribution in [3.05, 3.63) is 34.9 Å². The number of nitrogens with one attached hydrogen (secondary N) is 1. The van der Waals surface area contributed by atoms with Gasteiger partial charge in [0.1, 0.15) is 0 Å². The van der Waals surface area contributed by atoms with E-state index in [-0.39, 0.29) is 5.60 Å². The molecule has 3 nitrogen and oxygen atoms in total. The Balaban J connectivity index is 1.92. The Labute approximate surface area is 165 Å². The first-order valence-corrected chi connectivity index (χ1v) is 10.5. The Morgan fingerprint density at radius 1 is 1.27 bits per heavy atom. The quantitative estimate of drug-likeness (QED) is 0.598. The predicted octanol–water partition coefficient (Wildman–Crippen LogP) is 4.64. The SMILES string of the molecule is CN(C)CCCNCCC(Cc1ccccc1Cl)C1CCOC(C)(C)C1. The average molecular weight is 381 g/mol. The van der Waals surface area contributed by atoms with E-state index < -0.39 is 0 Å². The van der Waals surface area contributed by atoms with E-state index in [0.717, 1.165) is 44.1 Å². The van der Waals surface area contributed by atoms with Crippen molar-refractivity contribution in [2.75, 3.05) is 40.3 Å². The number of halogens is 1. The van der Waals surface area contributed by atoms with E-state index in [9.17, 15) is 0 Å². The van der Waals surface area contributed by atoms with Gasteiger partial charge in [0.2, 0.25) is 0 Å². The summed E-state index contributed by atoms with van der Waals surface area (Å²) >= 11 is 6.45. The maximum atomic E-state index is 6.45. The van der Waals surface area contributed by atoms with Crippen LogP contribution in [0.1, 0.15) is 45.1 Å². The molecular weight excluding hydrogens is 344 g/mol. The lowest BCUT2D eigenvalue weighted by atomic mass is 9.75. The van der Waals surface area contributed by atoms with Crippen LogP contribution in [-0.2, 0) is 11.2 Å². The Bertz CT molecular complexity index is 533. The fraction of sp³-hybridized carbons (Fsp3) is 0.727. The van der Waals surface area contributed by atoms with Gasteiger partial charge in [-0.15, -0.1) is 0 Å². The summed E-state index contributed by atoms with van der Waals surface area (Å²) in [5.74, 6) is 1.36. The summed E-state index contributed by atoms with van der Waals surface area (Å²) < 4.78 is 5.95. The van der Waals surface area contributed by atoms with E-state index in [1.807, 2.05) is 12.1 Å². The van der Waals surface area contributed by atoms with Crippen molar-refractivity contribution in [2.45, 2.75) is 51.6 Å². The van der Waals surface area contributed by atoms with Crippen LogP contribution >= 0.6 is 11.6 Å². The summed E-state index contributed by atoms with van der Waals surface area (Å²) in [7, 11) is 4.26. The molecule has 148 valence electrons. The van der Waals surface area contributed by atoms with Crippen LogP contribution in [0.15, 0.2) is 24.3 Å². The van der Waals surface area contributed by atoms with E-state index in [1.165, 1.54) is 24.8 Å². The third-order valence-electron chi connectivity index (χ3n) is 5.49. The van der Waals surface area contributed by atoms with Crippen molar-refractivity contribution in [3.8, 4) is 0 Å². The smallest absolute Gasteiger partial charge is 0.0629 e. The predicted molar refractivity (Wildman–Crippen MR) is 112 cm³/mol. The maximum Gasteiger partial charge on any atom is 0.0629 e. The Morgan fingerprint density at radius 2 is 2.04 bits per heavy atom. The molecular formula is C22H37ClN2O. The first-order chi connectivity index (χ1) is 12.4. The molecule has 1 aromatic rings. The molecule has 0 aromatic heterocycles. The van der Waals surface area contributed by atoms with Crippen molar-refractivity contribution in [1.29, 1.82) is 0 Å². The highest BCUT2D eigenvalue weighted by molar-refractivity contribution is 6.31. The third-order valence-corrected chi connectivity index (χ3v) is 5.86. The number of benzene rings is 1. The highest BCUT2D eigenvalue weighted by Gasteiger charge is 2.33. The van der Waals surface area contributed by atoms with Gasteiger partial charge < -0.3 is 15.0 Å². The largest absolute Gasteiger partial charge is 0.376 e. The minimum absolute atomic E-state index is 0.000782. The lowest BCUT2D eigenvalue weighted by Crippen LogP contribution is -2.38. The standard InChI is InChI=1S/C22H37ClN2O/c1-22(2)17-20(11-15-26-22)18(10-13-24-12-7-14-25(3)4)16-19-8-5-6-9-21(19)23/h5-6,8-9,18,20,24H,7,10-17H2,1-4H3. The summed E-state index contributed by atoms with van der Waals surface area (Å²) in [6.07, 6.45) is 5.78. The molecule has 2 rings (SSSR count). The number of ether oxygens (including phenoxy) is 1. The monoisotopic (exact) mass is 380 g/mol. The molecule has 0 radical (unpaired) electrons. The van der Waals surface area contributed by atoms with Gasteiger partial charge in [0.25, 0.3) is 0 Å². The van der Waals surface area contributed by atoms with Gasteiger partial charge in [0.15, 0.2) is 0 Å². The van der Waals surface area contributed by atoms with Gasteiger partial charge in [-0.05, 0) is 103 Å². The second-order valence-electron chi connectivity index (χ2n) is 8.61. The fourth-order valence-corrected chi connectivity index (χ4v) is 4.28. The maximum absolute atomic E-state index is 6.45. The zero-order valence-corrected chi connectivity index (χ0v) is 17.8. The van der Waals surface area contributed by atoms with E-state index >= 15 is 0 Å². The molecule has 1 aromatic carbocycles. The molecule has 4 heteroatoms. The van der Waals surface area contributed by atoms with Crippen LogP contribution in [0.4, 0.5) is 0 Å². The van der Waals surface area contributed by atoms with Crippen LogP contribution in [0, 0.1) is 11.8 Å². The van der Waals surface area contributed by atoms with Gasteiger partial charge >= 0.3 is 0 Å². The zero-order valence-electron chi connectivity index (χ0n) is 17.1. The summed E-state index contributed by atoms with van der Waals surface area (Å²) in [6, 6.07) is 8.32. The first kappa shape index (κ1) is 21.7. The van der Waals surface area contributed by atoms with Gasteiger partial charge in [-0.2, -0.15) is 0 Å². The highest BCUT2D eigenvalue weighted by Crippen LogP contribution is 2.37. The van der Waals surface area contributed by atoms with Gasteiger partial charge in [-0.1, -0.05) is 29.8 Å².